The standard InChI is InChI=1S/C27H27N3O2S/c1-27(2,3)20-14-12-18(13-15-20)25(31)28-21-9-7-8-19(16-21)23-17-33-26(30-23)29-22-10-5-6-11-24(22)32-4/h5-17H,1-4H3,(H,28,31)(H,29,30). The maximum Gasteiger partial charge on any atom is 0.255 e. The van der Waals surface area contributed by atoms with Crippen LogP contribution >= 0.6 is 11.3 Å². The lowest BCUT2D eigenvalue weighted by atomic mass is 9.87. The Balaban J connectivity index is 1.48. The van der Waals surface area contributed by atoms with E-state index in [0.717, 1.165) is 33.5 Å². The van der Waals surface area contributed by atoms with Gasteiger partial charge in [-0.15, -0.1) is 11.3 Å². The summed E-state index contributed by atoms with van der Waals surface area (Å²) in [4.78, 5) is 17.4. The number of hydrogen-bond acceptors (Lipinski definition) is 5. The Hall–Kier alpha value is -3.64. The number of anilines is 3. The van der Waals surface area contributed by atoms with Crippen molar-refractivity contribution in [2.24, 2.45) is 0 Å². The molecule has 3 aromatic carbocycles. The first-order valence-corrected chi connectivity index (χ1v) is 11.6. The molecule has 5 nitrogen and oxygen atoms in total. The second kappa shape index (κ2) is 9.46. The largest absolute Gasteiger partial charge is 0.495 e. The van der Waals surface area contributed by atoms with E-state index < -0.39 is 0 Å². The fourth-order valence-corrected chi connectivity index (χ4v) is 4.14. The molecule has 0 saturated carbocycles. The van der Waals surface area contributed by atoms with E-state index >= 15 is 0 Å². The number of rotatable bonds is 6. The van der Waals surface area contributed by atoms with E-state index in [0.29, 0.717) is 5.56 Å². The third kappa shape index (κ3) is 5.41. The number of aromatic nitrogens is 1. The van der Waals surface area contributed by atoms with Crippen molar-refractivity contribution in [2.75, 3.05) is 17.7 Å². The fourth-order valence-electron chi connectivity index (χ4n) is 3.41. The van der Waals surface area contributed by atoms with Crippen molar-refractivity contribution in [1.82, 2.24) is 4.98 Å². The zero-order valence-electron chi connectivity index (χ0n) is 19.2. The average Bonchev–Trinajstić information content (AvgIpc) is 3.28. The average molecular weight is 458 g/mol. The highest BCUT2D eigenvalue weighted by Gasteiger charge is 2.15. The summed E-state index contributed by atoms with van der Waals surface area (Å²) in [5, 5.41) is 9.06. The Morgan fingerprint density at radius 2 is 1.73 bits per heavy atom. The van der Waals surface area contributed by atoms with Gasteiger partial charge in [0, 0.05) is 22.2 Å². The van der Waals surface area contributed by atoms with Crippen LogP contribution in [-0.2, 0) is 5.41 Å². The van der Waals surface area contributed by atoms with Gasteiger partial charge in [0.15, 0.2) is 5.13 Å². The second-order valence-corrected chi connectivity index (χ2v) is 9.58. The van der Waals surface area contributed by atoms with Gasteiger partial charge in [-0.3, -0.25) is 4.79 Å². The fraction of sp³-hybridized carbons (Fsp3) is 0.185. The van der Waals surface area contributed by atoms with Crippen LogP contribution in [0.15, 0.2) is 78.2 Å². The molecule has 0 radical (unpaired) electrons. The first-order valence-electron chi connectivity index (χ1n) is 10.7. The van der Waals surface area contributed by atoms with Crippen LogP contribution < -0.4 is 15.4 Å². The number of thiazole rings is 1. The molecule has 1 amide bonds. The summed E-state index contributed by atoms with van der Waals surface area (Å²) < 4.78 is 5.40. The van der Waals surface area contributed by atoms with E-state index in [1.54, 1.807) is 7.11 Å². The Bertz CT molecular complexity index is 1260. The molecule has 1 heterocycles. The molecule has 4 aromatic rings. The molecule has 0 bridgehead atoms. The smallest absolute Gasteiger partial charge is 0.255 e. The highest BCUT2D eigenvalue weighted by atomic mass is 32.1. The summed E-state index contributed by atoms with van der Waals surface area (Å²) >= 11 is 1.51. The van der Waals surface area contributed by atoms with Crippen LogP contribution in [0.1, 0.15) is 36.7 Å². The molecule has 0 aliphatic heterocycles. The van der Waals surface area contributed by atoms with Gasteiger partial charge in [0.05, 0.1) is 18.5 Å². The first-order chi connectivity index (χ1) is 15.8. The number of para-hydroxylation sites is 2. The highest BCUT2D eigenvalue weighted by Crippen LogP contribution is 2.32. The lowest BCUT2D eigenvalue weighted by molar-refractivity contribution is 0.102. The molecule has 33 heavy (non-hydrogen) atoms. The van der Waals surface area contributed by atoms with Crippen LogP contribution in [0.2, 0.25) is 0 Å². The topological polar surface area (TPSA) is 63.2 Å². The lowest BCUT2D eigenvalue weighted by Gasteiger charge is -2.19. The minimum absolute atomic E-state index is 0.0518. The SMILES string of the molecule is COc1ccccc1Nc1nc(-c2cccc(NC(=O)c3ccc(C(C)(C)C)cc3)c2)cs1. The van der Waals surface area contributed by atoms with E-state index in [2.05, 4.69) is 31.4 Å². The molecule has 1 aromatic heterocycles. The second-order valence-electron chi connectivity index (χ2n) is 8.73. The van der Waals surface area contributed by atoms with Crippen molar-refractivity contribution in [3.05, 3.63) is 89.3 Å². The molecule has 0 unspecified atom stereocenters. The van der Waals surface area contributed by atoms with Crippen molar-refractivity contribution in [2.45, 2.75) is 26.2 Å². The first kappa shape index (κ1) is 22.6. The summed E-state index contributed by atoms with van der Waals surface area (Å²) in [6.07, 6.45) is 0. The van der Waals surface area contributed by atoms with Gasteiger partial charge in [-0.05, 0) is 47.4 Å². The Kier molecular flexibility index (Phi) is 6.47. The molecule has 0 aliphatic carbocycles. The van der Waals surface area contributed by atoms with Crippen molar-refractivity contribution in [3.8, 4) is 17.0 Å². The minimum atomic E-state index is -0.135. The number of carbonyl (C=O) groups excluding carboxylic acids is 1. The van der Waals surface area contributed by atoms with Crippen molar-refractivity contribution in [1.29, 1.82) is 0 Å². The van der Waals surface area contributed by atoms with Crippen LogP contribution in [0, 0.1) is 0 Å². The van der Waals surface area contributed by atoms with Gasteiger partial charge >= 0.3 is 0 Å². The van der Waals surface area contributed by atoms with Crippen molar-refractivity contribution >= 4 is 33.8 Å². The molecule has 168 valence electrons. The lowest BCUT2D eigenvalue weighted by Crippen LogP contribution is -2.14. The minimum Gasteiger partial charge on any atom is -0.495 e. The highest BCUT2D eigenvalue weighted by molar-refractivity contribution is 7.14. The molecule has 0 atom stereocenters. The number of amides is 1. The zero-order valence-corrected chi connectivity index (χ0v) is 20.0. The molecule has 0 saturated heterocycles. The molecule has 0 spiro atoms. The van der Waals surface area contributed by atoms with Gasteiger partial charge in [-0.2, -0.15) is 0 Å². The maximum absolute atomic E-state index is 12.7. The quantitative estimate of drug-likeness (QED) is 0.324. The predicted octanol–water partition coefficient (Wildman–Crippen LogP) is 7.11. The summed E-state index contributed by atoms with van der Waals surface area (Å²) in [6.45, 7) is 6.47. The van der Waals surface area contributed by atoms with Gasteiger partial charge in [-0.25, -0.2) is 4.98 Å². The van der Waals surface area contributed by atoms with E-state index in [-0.39, 0.29) is 11.3 Å². The Morgan fingerprint density at radius 1 is 0.970 bits per heavy atom. The van der Waals surface area contributed by atoms with E-state index in [1.165, 1.54) is 16.9 Å². The van der Waals surface area contributed by atoms with Gasteiger partial charge in [0.2, 0.25) is 0 Å². The molecule has 0 aliphatic rings. The van der Waals surface area contributed by atoms with Crippen molar-refractivity contribution < 1.29 is 9.53 Å². The molecular formula is C27H27N3O2S. The summed E-state index contributed by atoms with van der Waals surface area (Å²) in [7, 11) is 1.65. The van der Waals surface area contributed by atoms with Crippen molar-refractivity contribution in [3.63, 3.8) is 0 Å². The maximum atomic E-state index is 12.7. The van der Waals surface area contributed by atoms with Gasteiger partial charge in [0.1, 0.15) is 5.75 Å². The van der Waals surface area contributed by atoms with Crippen LogP contribution in [-0.4, -0.2) is 18.0 Å². The van der Waals surface area contributed by atoms with E-state index in [4.69, 9.17) is 9.72 Å². The third-order valence-electron chi connectivity index (χ3n) is 5.28. The molecule has 4 rings (SSSR count). The molecule has 2 N–H and O–H groups in total. The summed E-state index contributed by atoms with van der Waals surface area (Å²) in [6, 6.07) is 23.2. The monoisotopic (exact) mass is 457 g/mol. The molecule has 6 heteroatoms. The summed E-state index contributed by atoms with van der Waals surface area (Å²) in [5.74, 6) is 0.624. The number of hydrogen-bond donors (Lipinski definition) is 2. The van der Waals surface area contributed by atoms with Crippen LogP contribution in [0.3, 0.4) is 0 Å². The number of benzene rings is 3. The number of carbonyl (C=O) groups is 1. The number of nitrogens with zero attached hydrogens (tertiary/aromatic N) is 1. The number of methoxy groups -OCH3 is 1. The Morgan fingerprint density at radius 3 is 2.45 bits per heavy atom. The number of nitrogens with one attached hydrogen (secondary N) is 2. The predicted molar refractivity (Wildman–Crippen MR) is 137 cm³/mol. The van der Waals surface area contributed by atoms with Crippen LogP contribution in [0.5, 0.6) is 5.75 Å². The van der Waals surface area contributed by atoms with E-state index in [1.807, 2.05) is 78.2 Å². The van der Waals surface area contributed by atoms with Gasteiger partial charge in [0.25, 0.3) is 5.91 Å². The number of ether oxygens (including phenoxy) is 1. The third-order valence-corrected chi connectivity index (χ3v) is 6.04. The van der Waals surface area contributed by atoms with Gasteiger partial charge in [-0.1, -0.05) is 57.2 Å². The van der Waals surface area contributed by atoms with Gasteiger partial charge < -0.3 is 15.4 Å². The normalized spacial score (nSPS) is 11.2. The van der Waals surface area contributed by atoms with E-state index in [9.17, 15) is 4.79 Å². The molecule has 0 fully saturated rings. The zero-order chi connectivity index (χ0) is 23.4. The summed E-state index contributed by atoms with van der Waals surface area (Å²) in [5.41, 5.74) is 5.23. The van der Waals surface area contributed by atoms with Crippen LogP contribution in [0.25, 0.3) is 11.3 Å². The van der Waals surface area contributed by atoms with Crippen LogP contribution in [0.4, 0.5) is 16.5 Å². The molecular weight excluding hydrogens is 430 g/mol. The Labute approximate surface area is 198 Å².